The van der Waals surface area contributed by atoms with Crippen LogP contribution in [0.25, 0.3) is 0 Å². The fraction of sp³-hybridized carbons (Fsp3) is 1.00. The van der Waals surface area contributed by atoms with Crippen LogP contribution in [0.2, 0.25) is 6.04 Å². The van der Waals surface area contributed by atoms with Gasteiger partial charge in [0, 0.05) is 0 Å². The minimum absolute atomic E-state index is 0.343. The zero-order chi connectivity index (χ0) is 5.91. The fourth-order valence-electron chi connectivity index (χ4n) is 0.283. The molecule has 0 aromatic heterocycles. The quantitative estimate of drug-likeness (QED) is 0.431. The van der Waals surface area contributed by atoms with Crippen molar-refractivity contribution in [2.45, 2.75) is 19.4 Å². The zero-order valence-corrected chi connectivity index (χ0v) is 6.56. The smallest absolute Gasteiger partial charge is 0.272 e. The van der Waals surface area contributed by atoms with E-state index in [0.29, 0.717) is 6.04 Å². The number of hydrogen-bond donors (Lipinski definition) is 0. The summed E-state index contributed by atoms with van der Waals surface area (Å²) in [6, 6.07) is 0.343. The van der Waals surface area contributed by atoms with Gasteiger partial charge in [0.15, 0.2) is 0 Å². The van der Waals surface area contributed by atoms with Gasteiger partial charge < -0.3 is 0 Å². The molecule has 0 aliphatic carbocycles. The van der Waals surface area contributed by atoms with Gasteiger partial charge in [-0.1, -0.05) is 13.3 Å². The summed E-state index contributed by atoms with van der Waals surface area (Å²) in [5, 5.41) is 0. The van der Waals surface area contributed by atoms with Crippen molar-refractivity contribution in [3.05, 3.63) is 0 Å². The van der Waals surface area contributed by atoms with Crippen molar-refractivity contribution in [1.82, 2.24) is 0 Å². The van der Waals surface area contributed by atoms with Crippen LogP contribution in [0.3, 0.4) is 0 Å². The Kier molecular flexibility index (Phi) is 3.20. The zero-order valence-electron chi connectivity index (χ0n) is 4.05. The Labute approximate surface area is 53.2 Å². The van der Waals surface area contributed by atoms with Crippen LogP contribution in [0, 0.1) is 0 Å². The van der Waals surface area contributed by atoms with Crippen LogP contribution in [0.15, 0.2) is 0 Å². The molecule has 0 heterocycles. The highest BCUT2D eigenvalue weighted by atomic mass is 35.7. The van der Waals surface area contributed by atoms with Crippen LogP contribution >= 0.6 is 22.2 Å². The Hall–Kier alpha value is 0.727. The Morgan fingerprint density at radius 2 is 2.00 bits per heavy atom. The van der Waals surface area contributed by atoms with E-state index in [1.807, 2.05) is 6.92 Å². The summed E-state index contributed by atoms with van der Waals surface area (Å²) < 4.78 is 12.1. The van der Waals surface area contributed by atoms with Crippen molar-refractivity contribution >= 4 is 29.2 Å². The summed E-state index contributed by atoms with van der Waals surface area (Å²) >= 11 is 10.1. The predicted molar refractivity (Wildman–Crippen MR) is 33.7 cm³/mol. The van der Waals surface area contributed by atoms with Crippen LogP contribution in [-0.2, 0) is 0 Å². The summed E-state index contributed by atoms with van der Waals surface area (Å²) in [6.07, 6.45) is 0.732. The molecule has 7 heavy (non-hydrogen) atoms. The van der Waals surface area contributed by atoms with Crippen LogP contribution in [-0.4, -0.2) is 7.03 Å². The molecule has 0 saturated heterocycles. The van der Waals surface area contributed by atoms with Crippen LogP contribution in [0.4, 0.5) is 4.11 Å². The van der Waals surface area contributed by atoms with E-state index in [1.54, 1.807) is 0 Å². The summed E-state index contributed by atoms with van der Waals surface area (Å²) in [5.74, 6) is 0. The lowest BCUT2D eigenvalue weighted by Gasteiger charge is -1.99. The fourth-order valence-corrected chi connectivity index (χ4v) is 1.98. The first-order valence-electron chi connectivity index (χ1n) is 2.13. The molecule has 0 saturated carbocycles. The third-order valence-corrected chi connectivity index (χ3v) is 2.73. The highest BCUT2D eigenvalue weighted by Crippen LogP contribution is 2.22. The summed E-state index contributed by atoms with van der Waals surface area (Å²) in [6.45, 7) is 1.85. The first-order valence-corrected chi connectivity index (χ1v) is 6.24. The van der Waals surface area contributed by atoms with Gasteiger partial charge in [-0.2, -0.15) is 0 Å². The van der Waals surface area contributed by atoms with Gasteiger partial charge in [0.2, 0.25) is 0 Å². The van der Waals surface area contributed by atoms with Crippen molar-refractivity contribution < 1.29 is 4.11 Å². The van der Waals surface area contributed by atoms with Gasteiger partial charge in [0.1, 0.15) is 0 Å². The Balaban J connectivity index is 3.15. The van der Waals surface area contributed by atoms with Crippen molar-refractivity contribution in [1.29, 1.82) is 0 Å². The summed E-state index contributed by atoms with van der Waals surface area (Å²) in [4.78, 5) is 0. The molecule has 0 aromatic rings. The number of halogens is 3. The average Bonchev–Trinajstić information content (AvgIpc) is 1.30. The van der Waals surface area contributed by atoms with Crippen molar-refractivity contribution in [3.8, 4) is 0 Å². The van der Waals surface area contributed by atoms with E-state index in [9.17, 15) is 4.11 Å². The summed E-state index contributed by atoms with van der Waals surface area (Å²) in [5.41, 5.74) is 0. The highest BCUT2D eigenvalue weighted by Gasteiger charge is 2.26. The lowest BCUT2D eigenvalue weighted by molar-refractivity contribution is 0.822. The molecule has 4 heteroatoms. The Bertz CT molecular complexity index is 51.4. The maximum atomic E-state index is 12.1. The molecule has 44 valence electrons. The van der Waals surface area contributed by atoms with Gasteiger partial charge >= 0.3 is 7.03 Å². The van der Waals surface area contributed by atoms with Gasteiger partial charge in [-0.15, -0.1) is 22.2 Å². The summed E-state index contributed by atoms with van der Waals surface area (Å²) in [7, 11) is -3.21. The third kappa shape index (κ3) is 6.73. The first-order chi connectivity index (χ1) is 3.06. The van der Waals surface area contributed by atoms with Crippen LogP contribution < -0.4 is 0 Å². The molecule has 0 N–H and O–H groups in total. The van der Waals surface area contributed by atoms with E-state index in [1.165, 1.54) is 0 Å². The number of hydrogen-bond acceptors (Lipinski definition) is 0. The second-order valence-corrected chi connectivity index (χ2v) is 7.27. The average molecular weight is 161 g/mol. The molecule has 0 spiro atoms. The van der Waals surface area contributed by atoms with E-state index in [2.05, 4.69) is 0 Å². The van der Waals surface area contributed by atoms with Crippen molar-refractivity contribution in [3.63, 3.8) is 0 Å². The molecular formula is C3H7Cl2FSi. The van der Waals surface area contributed by atoms with Gasteiger partial charge in [0.25, 0.3) is 0 Å². The highest BCUT2D eigenvalue weighted by molar-refractivity contribution is 7.42. The molecule has 0 atom stereocenters. The minimum atomic E-state index is -3.21. The number of rotatable bonds is 2. The Morgan fingerprint density at radius 1 is 1.57 bits per heavy atom. The molecule has 0 rings (SSSR count). The molecular weight excluding hydrogens is 154 g/mol. The first kappa shape index (κ1) is 7.73. The van der Waals surface area contributed by atoms with Crippen LogP contribution in [0.5, 0.6) is 0 Å². The standard InChI is InChI=1S/C3H7Cl2FSi/c1-2-3-7(4,5)6/h2-3H2,1H3. The second kappa shape index (κ2) is 2.90. The van der Waals surface area contributed by atoms with E-state index in [-0.39, 0.29) is 0 Å². The topological polar surface area (TPSA) is 0 Å². The van der Waals surface area contributed by atoms with E-state index < -0.39 is 7.03 Å². The Morgan fingerprint density at radius 3 is 2.00 bits per heavy atom. The van der Waals surface area contributed by atoms with E-state index in [0.717, 1.165) is 6.42 Å². The minimum Gasteiger partial charge on any atom is -0.272 e. The van der Waals surface area contributed by atoms with Gasteiger partial charge in [-0.3, -0.25) is 4.11 Å². The molecule has 0 aliphatic rings. The molecule has 0 amide bonds. The molecule has 0 unspecified atom stereocenters. The maximum Gasteiger partial charge on any atom is 0.433 e. The third-order valence-electron chi connectivity index (χ3n) is 0.533. The normalized spacial score (nSPS) is 12.0. The van der Waals surface area contributed by atoms with Gasteiger partial charge in [0.05, 0.1) is 0 Å². The SMILES string of the molecule is CCC[Si](F)(Cl)Cl. The van der Waals surface area contributed by atoms with Crippen molar-refractivity contribution in [2.24, 2.45) is 0 Å². The van der Waals surface area contributed by atoms with Crippen LogP contribution in [0.1, 0.15) is 13.3 Å². The van der Waals surface area contributed by atoms with E-state index >= 15 is 0 Å². The van der Waals surface area contributed by atoms with Crippen molar-refractivity contribution in [2.75, 3.05) is 0 Å². The molecule has 0 nitrogen and oxygen atoms in total. The van der Waals surface area contributed by atoms with E-state index in [4.69, 9.17) is 22.2 Å². The molecule has 0 aromatic carbocycles. The monoisotopic (exact) mass is 160 g/mol. The lowest BCUT2D eigenvalue weighted by atomic mass is 10.6. The van der Waals surface area contributed by atoms with Gasteiger partial charge in [-0.05, 0) is 6.04 Å². The molecule has 0 aliphatic heterocycles. The predicted octanol–water partition coefficient (Wildman–Crippen LogP) is 2.78. The second-order valence-electron chi connectivity index (χ2n) is 1.37. The lowest BCUT2D eigenvalue weighted by Crippen LogP contribution is -2.08. The molecule has 0 radical (unpaired) electrons. The molecule has 0 fully saturated rings. The van der Waals surface area contributed by atoms with Gasteiger partial charge in [-0.25, -0.2) is 0 Å². The molecule has 0 bridgehead atoms. The largest absolute Gasteiger partial charge is 0.433 e. The maximum absolute atomic E-state index is 12.1.